The fraction of sp³-hybridized carbons (Fsp3) is 0.269. The fourth-order valence-corrected chi connectivity index (χ4v) is 4.10. The predicted octanol–water partition coefficient (Wildman–Crippen LogP) is 3.86. The quantitative estimate of drug-likeness (QED) is 0.394. The molecule has 8 nitrogen and oxygen atoms in total. The molecular weight excluding hydrogens is 464 g/mol. The monoisotopic (exact) mass is 491 g/mol. The first-order chi connectivity index (χ1) is 17.4. The lowest BCUT2D eigenvalue weighted by Gasteiger charge is -2.35. The minimum absolute atomic E-state index is 0.0955. The van der Waals surface area contributed by atoms with E-state index < -0.39 is 17.5 Å². The summed E-state index contributed by atoms with van der Waals surface area (Å²) in [4.78, 5) is 24.2. The summed E-state index contributed by atoms with van der Waals surface area (Å²) < 4.78 is 27.0. The van der Waals surface area contributed by atoms with Crippen LogP contribution in [0.5, 0.6) is 0 Å². The molecule has 1 fully saturated rings. The Labute approximate surface area is 208 Å². The molecule has 36 heavy (non-hydrogen) atoms. The van der Waals surface area contributed by atoms with Crippen molar-refractivity contribution >= 4 is 28.8 Å². The minimum atomic E-state index is -0.676. The summed E-state index contributed by atoms with van der Waals surface area (Å²) in [7, 11) is 0. The summed E-state index contributed by atoms with van der Waals surface area (Å²) in [6, 6.07) is 12.8. The predicted molar refractivity (Wildman–Crippen MR) is 136 cm³/mol. The summed E-state index contributed by atoms with van der Waals surface area (Å²) in [5, 5.41) is 6.23. The smallest absolute Gasteiger partial charge is 0.252 e. The van der Waals surface area contributed by atoms with E-state index in [2.05, 4.69) is 30.3 Å². The minimum Gasteiger partial charge on any atom is -0.380 e. The molecule has 0 radical (unpaired) electrons. The van der Waals surface area contributed by atoms with Gasteiger partial charge in [-0.1, -0.05) is 0 Å². The van der Waals surface area contributed by atoms with Gasteiger partial charge in [0.25, 0.3) is 5.91 Å². The maximum absolute atomic E-state index is 13.5. The maximum atomic E-state index is 13.5. The topological polar surface area (TPSA) is 90.9 Å². The van der Waals surface area contributed by atoms with Crippen LogP contribution >= 0.6 is 0 Å². The number of halogens is 2. The molecule has 2 aromatic carbocycles. The van der Waals surface area contributed by atoms with Crippen molar-refractivity contribution in [3.63, 3.8) is 0 Å². The number of carbonyl (C=O) groups excluding carboxylic acids is 1. The van der Waals surface area contributed by atoms with Gasteiger partial charge in [-0.25, -0.2) is 20.3 Å². The highest BCUT2D eigenvalue weighted by Gasteiger charge is 2.17. The van der Waals surface area contributed by atoms with Gasteiger partial charge in [-0.15, -0.1) is 0 Å². The summed E-state index contributed by atoms with van der Waals surface area (Å²) in [6.07, 6.45) is 1.36. The number of anilines is 4. The molecule has 0 saturated carbocycles. The molecule has 1 saturated heterocycles. The van der Waals surface area contributed by atoms with E-state index in [1.807, 2.05) is 24.3 Å². The third-order valence-electron chi connectivity index (χ3n) is 5.98. The van der Waals surface area contributed by atoms with Crippen LogP contribution in [0.2, 0.25) is 0 Å². The SMILES string of the molecule is [C-]#[N+]CCN1CCN(c2ccc(Nc3cc(NCc4cc(F)cc(F)c4)c(C(N)=O)cn3)cc2)CC1. The molecule has 4 N–H and O–H groups in total. The van der Waals surface area contributed by atoms with Gasteiger partial charge in [-0.05, 0) is 42.0 Å². The number of amides is 1. The average molecular weight is 492 g/mol. The first-order valence-corrected chi connectivity index (χ1v) is 11.6. The van der Waals surface area contributed by atoms with Gasteiger partial charge >= 0.3 is 0 Å². The summed E-state index contributed by atoms with van der Waals surface area (Å²) in [5.74, 6) is -1.54. The van der Waals surface area contributed by atoms with Crippen molar-refractivity contribution < 1.29 is 13.6 Å². The first-order valence-electron chi connectivity index (χ1n) is 11.6. The Bertz CT molecular complexity index is 1230. The Morgan fingerprint density at radius 2 is 1.75 bits per heavy atom. The molecule has 1 aliphatic rings. The summed E-state index contributed by atoms with van der Waals surface area (Å²) >= 11 is 0. The lowest BCUT2D eigenvalue weighted by molar-refractivity contribution is 0.100. The Morgan fingerprint density at radius 1 is 1.06 bits per heavy atom. The van der Waals surface area contributed by atoms with Gasteiger partial charge in [0.1, 0.15) is 17.5 Å². The summed E-state index contributed by atoms with van der Waals surface area (Å²) in [6.45, 7) is 12.1. The normalized spacial score (nSPS) is 13.8. The third kappa shape index (κ3) is 6.46. The molecule has 1 aliphatic heterocycles. The van der Waals surface area contributed by atoms with Crippen LogP contribution in [0, 0.1) is 18.2 Å². The number of piperazine rings is 1. The largest absolute Gasteiger partial charge is 0.380 e. The van der Waals surface area contributed by atoms with Crippen LogP contribution in [0.15, 0.2) is 54.7 Å². The van der Waals surface area contributed by atoms with Gasteiger partial charge in [-0.2, -0.15) is 0 Å². The van der Waals surface area contributed by atoms with Gasteiger partial charge in [0.2, 0.25) is 6.54 Å². The zero-order valence-electron chi connectivity index (χ0n) is 19.7. The highest BCUT2D eigenvalue weighted by Crippen LogP contribution is 2.25. The zero-order valence-corrected chi connectivity index (χ0v) is 19.7. The van der Waals surface area contributed by atoms with Gasteiger partial charge in [0.15, 0.2) is 0 Å². The molecule has 0 aliphatic carbocycles. The molecule has 0 unspecified atom stereocenters. The van der Waals surface area contributed by atoms with E-state index in [4.69, 9.17) is 12.3 Å². The lowest BCUT2D eigenvalue weighted by atomic mass is 10.1. The van der Waals surface area contributed by atoms with Crippen molar-refractivity contribution in [2.24, 2.45) is 5.73 Å². The number of benzene rings is 2. The summed E-state index contributed by atoms with van der Waals surface area (Å²) in [5.41, 5.74) is 8.36. The van der Waals surface area contributed by atoms with E-state index in [1.54, 1.807) is 6.07 Å². The van der Waals surface area contributed by atoms with Crippen molar-refractivity contribution in [2.45, 2.75) is 6.54 Å². The number of nitrogens with two attached hydrogens (primary N) is 1. The number of pyridine rings is 1. The standard InChI is InChI=1S/C26H27F2N7O/c1-30-6-7-34-8-10-35(11-9-34)22-4-2-21(3-5-22)33-25-15-24(23(17-32-25)26(29)36)31-16-18-12-19(27)14-20(28)13-18/h2-5,12-15,17H,6-11,16H2,(H2,29,36)(H2,31,32,33). The van der Waals surface area contributed by atoms with Crippen LogP contribution in [0.4, 0.5) is 31.7 Å². The molecular formula is C26H27F2N7O. The van der Waals surface area contributed by atoms with Crippen molar-refractivity contribution in [2.75, 3.05) is 54.8 Å². The molecule has 3 aromatic rings. The van der Waals surface area contributed by atoms with Gasteiger partial charge in [-0.3, -0.25) is 9.69 Å². The second-order valence-corrected chi connectivity index (χ2v) is 8.49. The molecule has 0 atom stereocenters. The van der Waals surface area contributed by atoms with Crippen molar-refractivity contribution in [3.8, 4) is 0 Å². The van der Waals surface area contributed by atoms with Crippen LogP contribution in [0.1, 0.15) is 15.9 Å². The van der Waals surface area contributed by atoms with Gasteiger partial charge in [0, 0.05) is 62.4 Å². The van der Waals surface area contributed by atoms with Crippen LogP contribution in [0.25, 0.3) is 4.85 Å². The maximum Gasteiger partial charge on any atom is 0.252 e. The Balaban J connectivity index is 1.41. The Kier molecular flexibility index (Phi) is 7.92. The van der Waals surface area contributed by atoms with Crippen molar-refractivity contribution in [1.29, 1.82) is 0 Å². The van der Waals surface area contributed by atoms with E-state index in [-0.39, 0.29) is 12.1 Å². The average Bonchev–Trinajstić information content (AvgIpc) is 2.86. The number of hydrogen-bond acceptors (Lipinski definition) is 6. The zero-order chi connectivity index (χ0) is 25.5. The molecule has 186 valence electrons. The number of primary amides is 1. The molecule has 10 heteroatoms. The van der Waals surface area contributed by atoms with Crippen LogP contribution in [-0.4, -0.2) is 55.1 Å². The molecule has 1 aromatic heterocycles. The van der Waals surface area contributed by atoms with Crippen LogP contribution in [-0.2, 0) is 6.54 Å². The van der Waals surface area contributed by atoms with E-state index in [0.717, 1.165) is 50.2 Å². The second-order valence-electron chi connectivity index (χ2n) is 8.49. The van der Waals surface area contributed by atoms with E-state index in [1.165, 1.54) is 18.3 Å². The number of aromatic nitrogens is 1. The molecule has 2 heterocycles. The molecule has 0 bridgehead atoms. The highest BCUT2D eigenvalue weighted by atomic mass is 19.1. The third-order valence-corrected chi connectivity index (χ3v) is 5.98. The number of carbonyl (C=O) groups is 1. The number of hydrogen-bond donors (Lipinski definition) is 3. The van der Waals surface area contributed by atoms with Gasteiger partial charge < -0.3 is 26.1 Å². The van der Waals surface area contributed by atoms with E-state index in [0.29, 0.717) is 23.6 Å². The van der Waals surface area contributed by atoms with Gasteiger partial charge in [0.05, 0.1) is 17.8 Å². The van der Waals surface area contributed by atoms with E-state index >= 15 is 0 Å². The van der Waals surface area contributed by atoms with Crippen molar-refractivity contribution in [3.05, 3.63) is 88.9 Å². The van der Waals surface area contributed by atoms with E-state index in [9.17, 15) is 13.6 Å². The van der Waals surface area contributed by atoms with Crippen LogP contribution < -0.4 is 21.3 Å². The highest BCUT2D eigenvalue weighted by molar-refractivity contribution is 5.98. The molecule has 1 amide bonds. The Morgan fingerprint density at radius 3 is 2.39 bits per heavy atom. The number of rotatable bonds is 9. The number of nitrogens with zero attached hydrogens (tertiary/aromatic N) is 4. The fourth-order valence-electron chi connectivity index (χ4n) is 4.10. The lowest BCUT2D eigenvalue weighted by Crippen LogP contribution is -2.47. The molecule has 4 rings (SSSR count). The second kappa shape index (κ2) is 11.5. The Hall–Kier alpha value is -4.23. The van der Waals surface area contributed by atoms with Crippen molar-refractivity contribution in [1.82, 2.24) is 9.88 Å². The molecule has 0 spiro atoms. The first kappa shape index (κ1) is 24.9. The number of nitrogens with one attached hydrogen (secondary N) is 2. The van der Waals surface area contributed by atoms with Crippen LogP contribution in [0.3, 0.4) is 0 Å².